The number of carbonyl (C=O) groups excluding carboxylic acids is 2. The van der Waals surface area contributed by atoms with Crippen molar-refractivity contribution in [1.29, 1.82) is 0 Å². The van der Waals surface area contributed by atoms with E-state index in [-0.39, 0.29) is 23.9 Å². The molecule has 4 nitrogen and oxygen atoms in total. The fourth-order valence-corrected chi connectivity index (χ4v) is 2.87. The van der Waals surface area contributed by atoms with E-state index in [1.165, 1.54) is 17.1 Å². The lowest BCUT2D eigenvalue weighted by Crippen LogP contribution is -2.46. The molecule has 5 heteroatoms. The van der Waals surface area contributed by atoms with Crippen LogP contribution in [0.15, 0.2) is 47.4 Å². The number of fused-ring (bicyclic) bond motifs is 1. The van der Waals surface area contributed by atoms with E-state index in [0.717, 1.165) is 10.3 Å². The highest BCUT2D eigenvalue weighted by Gasteiger charge is 2.14. The highest BCUT2D eigenvalue weighted by Crippen LogP contribution is 2.23. The summed E-state index contributed by atoms with van der Waals surface area (Å²) in [5.74, 6) is -0.0324. The molecular formula is C18H22N2O2S. The van der Waals surface area contributed by atoms with Gasteiger partial charge in [-0.05, 0) is 43.7 Å². The monoisotopic (exact) mass is 330 g/mol. The zero-order valence-electron chi connectivity index (χ0n) is 13.7. The summed E-state index contributed by atoms with van der Waals surface area (Å²) in [5, 5.41) is 7.78. The normalized spacial score (nSPS) is 11.3. The Hall–Kier alpha value is -2.01. The van der Waals surface area contributed by atoms with Gasteiger partial charge in [0.15, 0.2) is 0 Å². The minimum Gasteiger partial charge on any atom is -0.350 e. The van der Waals surface area contributed by atoms with E-state index < -0.39 is 0 Å². The third kappa shape index (κ3) is 5.94. The molecule has 0 saturated carbocycles. The van der Waals surface area contributed by atoms with Crippen LogP contribution in [-0.4, -0.2) is 29.7 Å². The average molecular weight is 330 g/mol. The van der Waals surface area contributed by atoms with E-state index in [0.29, 0.717) is 5.75 Å². The summed E-state index contributed by atoms with van der Waals surface area (Å²) >= 11 is 1.46. The second-order valence-corrected chi connectivity index (χ2v) is 7.42. The maximum absolute atomic E-state index is 11.8. The number of hydrogen-bond donors (Lipinski definition) is 2. The van der Waals surface area contributed by atoms with Gasteiger partial charge in [-0.15, -0.1) is 11.8 Å². The molecule has 122 valence electrons. The molecule has 0 aliphatic rings. The summed E-state index contributed by atoms with van der Waals surface area (Å²) in [5.41, 5.74) is -0.290. The molecule has 0 heterocycles. The second-order valence-electron chi connectivity index (χ2n) is 6.37. The maximum atomic E-state index is 11.8. The van der Waals surface area contributed by atoms with E-state index in [9.17, 15) is 9.59 Å². The Balaban J connectivity index is 1.80. The van der Waals surface area contributed by atoms with Gasteiger partial charge < -0.3 is 10.6 Å². The lowest BCUT2D eigenvalue weighted by atomic mass is 10.1. The standard InChI is InChI=1S/C18H22N2O2S/c1-18(2,3)20-16(21)11-19-17(22)12-23-15-9-8-13-6-4-5-7-14(13)10-15/h4-10H,11-12H2,1-3H3,(H,19,22)(H,20,21). The fraction of sp³-hybridized carbons (Fsp3) is 0.333. The smallest absolute Gasteiger partial charge is 0.239 e. The summed E-state index contributed by atoms with van der Waals surface area (Å²) in [7, 11) is 0. The van der Waals surface area contributed by atoms with Gasteiger partial charge in [-0.1, -0.05) is 30.3 Å². The van der Waals surface area contributed by atoms with Gasteiger partial charge in [0.05, 0.1) is 12.3 Å². The molecule has 0 fully saturated rings. The molecule has 2 aromatic carbocycles. The summed E-state index contributed by atoms with van der Waals surface area (Å²) in [6, 6.07) is 14.2. The number of hydrogen-bond acceptors (Lipinski definition) is 3. The molecule has 2 rings (SSSR count). The van der Waals surface area contributed by atoms with Gasteiger partial charge in [0.1, 0.15) is 0 Å². The van der Waals surface area contributed by atoms with Gasteiger partial charge in [0.2, 0.25) is 11.8 Å². The third-order valence-electron chi connectivity index (χ3n) is 3.05. The quantitative estimate of drug-likeness (QED) is 0.829. The van der Waals surface area contributed by atoms with Crippen LogP contribution < -0.4 is 10.6 Å². The molecule has 0 atom stereocenters. The Morgan fingerprint density at radius 2 is 1.70 bits per heavy atom. The van der Waals surface area contributed by atoms with Crippen molar-refractivity contribution in [3.05, 3.63) is 42.5 Å². The van der Waals surface area contributed by atoms with Crippen LogP contribution in [0.1, 0.15) is 20.8 Å². The first-order valence-corrected chi connectivity index (χ1v) is 8.51. The molecule has 2 amide bonds. The highest BCUT2D eigenvalue weighted by molar-refractivity contribution is 8.00. The molecule has 0 spiro atoms. The van der Waals surface area contributed by atoms with Crippen molar-refractivity contribution in [2.45, 2.75) is 31.2 Å². The molecular weight excluding hydrogens is 308 g/mol. The van der Waals surface area contributed by atoms with Gasteiger partial charge >= 0.3 is 0 Å². The number of nitrogens with one attached hydrogen (secondary N) is 2. The highest BCUT2D eigenvalue weighted by atomic mass is 32.2. The van der Waals surface area contributed by atoms with Crippen molar-refractivity contribution < 1.29 is 9.59 Å². The van der Waals surface area contributed by atoms with E-state index in [1.807, 2.05) is 45.0 Å². The lowest BCUT2D eigenvalue weighted by molar-refractivity contribution is -0.125. The van der Waals surface area contributed by atoms with Crippen LogP contribution in [0.4, 0.5) is 0 Å². The molecule has 0 unspecified atom stereocenters. The van der Waals surface area contributed by atoms with Crippen LogP contribution in [0.2, 0.25) is 0 Å². The molecule has 2 N–H and O–H groups in total. The van der Waals surface area contributed by atoms with E-state index in [2.05, 4.69) is 28.8 Å². The predicted molar refractivity (Wildman–Crippen MR) is 95.6 cm³/mol. The Labute approximate surface area is 141 Å². The third-order valence-corrected chi connectivity index (χ3v) is 4.05. The topological polar surface area (TPSA) is 58.2 Å². The van der Waals surface area contributed by atoms with E-state index in [4.69, 9.17) is 0 Å². The summed E-state index contributed by atoms with van der Waals surface area (Å²) in [4.78, 5) is 24.5. The Kier molecular flexibility index (Phi) is 5.66. The van der Waals surface area contributed by atoms with Gasteiger partial charge in [0.25, 0.3) is 0 Å². The van der Waals surface area contributed by atoms with Gasteiger partial charge in [-0.3, -0.25) is 9.59 Å². The predicted octanol–water partition coefficient (Wildman–Crippen LogP) is 2.96. The van der Waals surface area contributed by atoms with E-state index in [1.54, 1.807) is 0 Å². The Morgan fingerprint density at radius 1 is 1.00 bits per heavy atom. The van der Waals surface area contributed by atoms with Crippen LogP contribution in [0.3, 0.4) is 0 Å². The summed E-state index contributed by atoms with van der Waals surface area (Å²) in [6.07, 6.45) is 0. The number of thioether (sulfide) groups is 1. The molecule has 23 heavy (non-hydrogen) atoms. The van der Waals surface area contributed by atoms with Crippen molar-refractivity contribution in [1.82, 2.24) is 10.6 Å². The zero-order valence-corrected chi connectivity index (χ0v) is 14.5. The molecule has 0 aromatic heterocycles. The van der Waals surface area contributed by atoms with Crippen molar-refractivity contribution in [3.63, 3.8) is 0 Å². The fourth-order valence-electron chi connectivity index (χ4n) is 2.10. The lowest BCUT2D eigenvalue weighted by Gasteiger charge is -2.20. The SMILES string of the molecule is CC(C)(C)NC(=O)CNC(=O)CSc1ccc2ccccc2c1. The Bertz CT molecular complexity index is 707. The summed E-state index contributed by atoms with van der Waals surface area (Å²) in [6.45, 7) is 5.72. The molecule has 0 aliphatic heterocycles. The van der Waals surface area contributed by atoms with Crippen molar-refractivity contribution in [3.8, 4) is 0 Å². The average Bonchev–Trinajstić information content (AvgIpc) is 2.49. The first-order chi connectivity index (χ1) is 10.8. The number of carbonyl (C=O) groups is 2. The first-order valence-electron chi connectivity index (χ1n) is 7.53. The minimum atomic E-state index is -0.290. The molecule has 0 radical (unpaired) electrons. The van der Waals surface area contributed by atoms with E-state index >= 15 is 0 Å². The Morgan fingerprint density at radius 3 is 2.39 bits per heavy atom. The number of benzene rings is 2. The van der Waals surface area contributed by atoms with Crippen molar-refractivity contribution in [2.24, 2.45) is 0 Å². The minimum absolute atomic E-state index is 0.00832. The number of rotatable bonds is 5. The molecule has 2 aromatic rings. The van der Waals surface area contributed by atoms with Crippen molar-refractivity contribution in [2.75, 3.05) is 12.3 Å². The molecule has 0 bridgehead atoms. The van der Waals surface area contributed by atoms with Gasteiger partial charge in [-0.2, -0.15) is 0 Å². The van der Waals surface area contributed by atoms with Gasteiger partial charge in [-0.25, -0.2) is 0 Å². The van der Waals surface area contributed by atoms with Crippen LogP contribution in [0.5, 0.6) is 0 Å². The molecule has 0 saturated heterocycles. The van der Waals surface area contributed by atoms with Crippen molar-refractivity contribution >= 4 is 34.3 Å². The number of amides is 2. The first kappa shape index (κ1) is 17.3. The maximum Gasteiger partial charge on any atom is 0.239 e. The second kappa shape index (κ2) is 7.51. The summed E-state index contributed by atoms with van der Waals surface area (Å²) < 4.78 is 0. The van der Waals surface area contributed by atoms with Crippen LogP contribution in [0.25, 0.3) is 10.8 Å². The zero-order chi connectivity index (χ0) is 16.9. The van der Waals surface area contributed by atoms with Gasteiger partial charge in [0, 0.05) is 10.4 Å². The van der Waals surface area contributed by atoms with Crippen LogP contribution in [-0.2, 0) is 9.59 Å². The largest absolute Gasteiger partial charge is 0.350 e. The van der Waals surface area contributed by atoms with Crippen LogP contribution in [0, 0.1) is 0 Å². The molecule has 0 aliphatic carbocycles. The van der Waals surface area contributed by atoms with Crippen LogP contribution >= 0.6 is 11.8 Å².